The normalized spacial score (nSPS) is 14.4. The molecule has 25 heavy (non-hydrogen) atoms. The maximum absolute atomic E-state index is 12.7. The van der Waals surface area contributed by atoms with E-state index in [1.807, 2.05) is 5.98 Å². The first-order valence-electron chi connectivity index (χ1n) is 7.61. The Balaban J connectivity index is 2.33. The molecule has 2 rings (SSSR count). The van der Waals surface area contributed by atoms with Gasteiger partial charge in [0, 0.05) is 36.5 Å². The van der Waals surface area contributed by atoms with Gasteiger partial charge in [-0.25, -0.2) is 0 Å². The van der Waals surface area contributed by atoms with Crippen LogP contribution in [0.5, 0.6) is 11.5 Å². The summed E-state index contributed by atoms with van der Waals surface area (Å²) in [6.07, 6.45) is 0.661. The Morgan fingerprint density at radius 1 is 1.28 bits per heavy atom. The maximum atomic E-state index is 12.7. The zero-order chi connectivity index (χ0) is 18.4. The van der Waals surface area contributed by atoms with Crippen molar-refractivity contribution in [3.05, 3.63) is 41.0 Å². The standard InChI is InChI=1S/C17H19BClN3O3/c1-20-15-13(16(19)21-2)8-18-9-14(15)17(23)22-10-5-11(24-3)7-12(6-10)25-4/h5-7,9,18H,1,8H2,2-4H3,(H,22,23)/b21-16+. The number of rotatable bonds is 6. The Hall–Kier alpha value is -2.54. The summed E-state index contributed by atoms with van der Waals surface area (Å²) in [4.78, 5) is 20.7. The van der Waals surface area contributed by atoms with E-state index in [0.29, 0.717) is 47.2 Å². The SMILES string of the molecule is C=NC1=C(/C(Cl)=N\C)CBC=C1C(=O)Nc1cc(OC)cc(OC)c1. The quantitative estimate of drug-likeness (QED) is 0.627. The number of amides is 1. The maximum Gasteiger partial charge on any atom is 0.256 e. The predicted molar refractivity (Wildman–Crippen MR) is 104 cm³/mol. The second kappa shape index (κ2) is 8.53. The van der Waals surface area contributed by atoms with Crippen molar-refractivity contribution >= 4 is 42.4 Å². The molecule has 6 nitrogen and oxygen atoms in total. The molecule has 0 saturated heterocycles. The lowest BCUT2D eigenvalue weighted by molar-refractivity contribution is -0.112. The highest BCUT2D eigenvalue weighted by atomic mass is 35.5. The molecular weight excluding hydrogens is 340 g/mol. The van der Waals surface area contributed by atoms with Crippen LogP contribution in [0.2, 0.25) is 6.32 Å². The molecule has 0 unspecified atom stereocenters. The smallest absolute Gasteiger partial charge is 0.256 e. The van der Waals surface area contributed by atoms with Gasteiger partial charge in [-0.15, -0.1) is 5.98 Å². The van der Waals surface area contributed by atoms with Gasteiger partial charge in [-0.05, 0) is 13.0 Å². The number of nitrogens with zero attached hydrogens (tertiary/aromatic N) is 2. The molecule has 0 bridgehead atoms. The van der Waals surface area contributed by atoms with Gasteiger partial charge in [0.15, 0.2) is 7.28 Å². The van der Waals surface area contributed by atoms with Crippen molar-refractivity contribution in [1.82, 2.24) is 0 Å². The summed E-state index contributed by atoms with van der Waals surface area (Å²) in [5.41, 5.74) is 2.14. The van der Waals surface area contributed by atoms with Crippen LogP contribution in [-0.2, 0) is 4.79 Å². The van der Waals surface area contributed by atoms with Gasteiger partial charge in [-0.3, -0.25) is 14.8 Å². The van der Waals surface area contributed by atoms with Crippen LogP contribution >= 0.6 is 11.6 Å². The van der Waals surface area contributed by atoms with E-state index in [4.69, 9.17) is 21.1 Å². The first kappa shape index (κ1) is 18.8. The first-order chi connectivity index (χ1) is 12.0. The Bertz CT molecular complexity index is 765. The predicted octanol–water partition coefficient (Wildman–Crippen LogP) is 2.62. The van der Waals surface area contributed by atoms with Gasteiger partial charge in [0.05, 0.1) is 25.5 Å². The number of methoxy groups -OCH3 is 2. The third-order valence-corrected chi connectivity index (χ3v) is 4.14. The molecule has 1 aromatic carbocycles. The molecule has 0 aliphatic carbocycles. The zero-order valence-electron chi connectivity index (χ0n) is 14.4. The molecule has 0 radical (unpaired) electrons. The van der Waals surface area contributed by atoms with Gasteiger partial charge in [-0.2, -0.15) is 0 Å². The average Bonchev–Trinajstić information content (AvgIpc) is 2.65. The topological polar surface area (TPSA) is 72.3 Å². The fraction of sp³-hybridized carbons (Fsp3) is 0.235. The van der Waals surface area contributed by atoms with Gasteiger partial charge in [0.1, 0.15) is 16.7 Å². The molecule has 130 valence electrons. The van der Waals surface area contributed by atoms with Crippen molar-refractivity contribution in [3.8, 4) is 11.5 Å². The van der Waals surface area contributed by atoms with Gasteiger partial charge in [0.25, 0.3) is 5.91 Å². The van der Waals surface area contributed by atoms with Crippen LogP contribution in [-0.4, -0.2) is 46.3 Å². The lowest BCUT2D eigenvalue weighted by atomic mass is 9.66. The van der Waals surface area contributed by atoms with Crippen molar-refractivity contribution in [2.24, 2.45) is 9.98 Å². The third-order valence-electron chi connectivity index (χ3n) is 3.74. The molecule has 1 heterocycles. The Morgan fingerprint density at radius 2 is 1.92 bits per heavy atom. The van der Waals surface area contributed by atoms with E-state index in [9.17, 15) is 4.79 Å². The number of nitrogens with one attached hydrogen (secondary N) is 1. The Kier molecular flexibility index (Phi) is 6.41. The molecule has 1 aliphatic heterocycles. The molecule has 8 heteroatoms. The van der Waals surface area contributed by atoms with Gasteiger partial charge in [0.2, 0.25) is 0 Å². The molecule has 1 amide bonds. The van der Waals surface area contributed by atoms with E-state index in [2.05, 4.69) is 22.0 Å². The Morgan fingerprint density at radius 3 is 2.44 bits per heavy atom. The molecule has 0 saturated carbocycles. The van der Waals surface area contributed by atoms with Crippen molar-refractivity contribution in [2.45, 2.75) is 6.32 Å². The lowest BCUT2D eigenvalue weighted by Crippen LogP contribution is -2.20. The number of hydrogen-bond donors (Lipinski definition) is 1. The highest BCUT2D eigenvalue weighted by Gasteiger charge is 2.23. The molecule has 0 atom stereocenters. The van der Waals surface area contributed by atoms with Crippen LogP contribution in [0.25, 0.3) is 0 Å². The van der Waals surface area contributed by atoms with E-state index in [1.165, 1.54) is 0 Å². The first-order valence-corrected chi connectivity index (χ1v) is 7.99. The highest BCUT2D eigenvalue weighted by Crippen LogP contribution is 2.29. The number of carbonyl (C=O) groups excluding carboxylic acids is 1. The van der Waals surface area contributed by atoms with E-state index < -0.39 is 0 Å². The summed E-state index contributed by atoms with van der Waals surface area (Å²) in [7, 11) is 5.36. The van der Waals surface area contributed by atoms with Crippen LogP contribution in [0.3, 0.4) is 0 Å². The number of ether oxygens (including phenoxy) is 2. The van der Waals surface area contributed by atoms with Crippen molar-refractivity contribution in [1.29, 1.82) is 0 Å². The number of aliphatic imine (C=N–C) groups is 2. The number of benzene rings is 1. The second-order valence-corrected chi connectivity index (χ2v) is 5.57. The number of allylic oxidation sites excluding steroid dienone is 1. The minimum atomic E-state index is -0.310. The van der Waals surface area contributed by atoms with E-state index in [-0.39, 0.29) is 5.91 Å². The highest BCUT2D eigenvalue weighted by molar-refractivity contribution is 6.71. The third kappa shape index (κ3) is 4.30. The number of hydrogen-bond acceptors (Lipinski definition) is 5. The Labute approximate surface area is 152 Å². The monoisotopic (exact) mass is 359 g/mol. The minimum absolute atomic E-state index is 0.310. The van der Waals surface area contributed by atoms with Gasteiger partial charge in [-0.1, -0.05) is 11.6 Å². The van der Waals surface area contributed by atoms with Crippen molar-refractivity contribution in [3.63, 3.8) is 0 Å². The molecule has 0 spiro atoms. The van der Waals surface area contributed by atoms with Gasteiger partial charge >= 0.3 is 0 Å². The molecule has 1 aromatic rings. The summed E-state index contributed by atoms with van der Waals surface area (Å²) in [5.74, 6) is 2.66. The zero-order valence-corrected chi connectivity index (χ0v) is 15.2. The fourth-order valence-electron chi connectivity index (χ4n) is 2.53. The number of halogens is 1. The van der Waals surface area contributed by atoms with Crippen molar-refractivity contribution < 1.29 is 14.3 Å². The summed E-state index contributed by atoms with van der Waals surface area (Å²) >= 11 is 6.14. The van der Waals surface area contributed by atoms with Crippen molar-refractivity contribution in [2.75, 3.05) is 26.6 Å². The van der Waals surface area contributed by atoms with E-state index in [1.54, 1.807) is 39.5 Å². The molecule has 1 aliphatic rings. The summed E-state index contributed by atoms with van der Waals surface area (Å²) in [6, 6.07) is 5.13. The average molecular weight is 360 g/mol. The number of anilines is 1. The molecule has 0 aromatic heterocycles. The second-order valence-electron chi connectivity index (χ2n) is 5.21. The summed E-state index contributed by atoms with van der Waals surface area (Å²) < 4.78 is 10.4. The molecule has 0 fully saturated rings. The van der Waals surface area contributed by atoms with E-state index >= 15 is 0 Å². The molecular formula is C17H19BClN3O3. The van der Waals surface area contributed by atoms with Crippen LogP contribution in [0.15, 0.2) is 51.0 Å². The molecule has 1 N–H and O–H groups in total. The number of carbonyl (C=O) groups is 1. The van der Waals surface area contributed by atoms with Crippen LogP contribution in [0, 0.1) is 0 Å². The summed E-state index contributed by atoms with van der Waals surface area (Å²) in [5, 5.41) is 3.17. The van der Waals surface area contributed by atoms with E-state index in [0.717, 1.165) is 5.57 Å². The van der Waals surface area contributed by atoms with Crippen LogP contribution < -0.4 is 14.8 Å². The van der Waals surface area contributed by atoms with Crippen LogP contribution in [0.4, 0.5) is 5.69 Å². The largest absolute Gasteiger partial charge is 0.497 e. The van der Waals surface area contributed by atoms with Gasteiger partial charge < -0.3 is 14.8 Å². The minimum Gasteiger partial charge on any atom is -0.497 e. The lowest BCUT2D eigenvalue weighted by Gasteiger charge is -2.18. The van der Waals surface area contributed by atoms with Crippen LogP contribution in [0.1, 0.15) is 0 Å². The fourth-order valence-corrected chi connectivity index (χ4v) is 2.72. The summed E-state index contributed by atoms with van der Waals surface area (Å²) in [6.45, 7) is 3.56.